The van der Waals surface area contributed by atoms with Gasteiger partial charge in [0.2, 0.25) is 5.91 Å². The molecule has 0 saturated carbocycles. The Hall–Kier alpha value is -3.03. The van der Waals surface area contributed by atoms with E-state index >= 15 is 0 Å². The maximum absolute atomic E-state index is 12.9. The molecule has 8 heteroatoms. The third-order valence-corrected chi connectivity index (χ3v) is 5.22. The SMILES string of the molecule is COc1ccc(OC2CCN(C(C)=O)CC2)c(C(=O)NCc2c(C)noc2C)c1. The van der Waals surface area contributed by atoms with Crippen LogP contribution in [0, 0.1) is 13.8 Å². The summed E-state index contributed by atoms with van der Waals surface area (Å²) in [7, 11) is 1.55. The van der Waals surface area contributed by atoms with E-state index < -0.39 is 0 Å². The number of ether oxygens (including phenoxy) is 2. The van der Waals surface area contributed by atoms with E-state index in [0.29, 0.717) is 42.5 Å². The lowest BCUT2D eigenvalue weighted by atomic mass is 10.1. The summed E-state index contributed by atoms with van der Waals surface area (Å²) >= 11 is 0. The molecule has 1 aliphatic heterocycles. The second kappa shape index (κ2) is 8.98. The van der Waals surface area contributed by atoms with Crippen LogP contribution in [-0.2, 0) is 11.3 Å². The number of likely N-dealkylation sites (tertiary alicyclic amines) is 1. The van der Waals surface area contributed by atoms with Crippen LogP contribution in [0.1, 0.15) is 47.1 Å². The monoisotopic (exact) mass is 401 g/mol. The van der Waals surface area contributed by atoms with Gasteiger partial charge < -0.3 is 24.2 Å². The lowest BCUT2D eigenvalue weighted by Crippen LogP contribution is -2.40. The van der Waals surface area contributed by atoms with Crippen molar-refractivity contribution in [2.45, 2.75) is 46.3 Å². The molecule has 1 aromatic carbocycles. The second-order valence-corrected chi connectivity index (χ2v) is 7.17. The molecule has 0 unspecified atom stereocenters. The summed E-state index contributed by atoms with van der Waals surface area (Å²) < 4.78 is 16.6. The maximum Gasteiger partial charge on any atom is 0.255 e. The number of hydrogen-bond donors (Lipinski definition) is 1. The fourth-order valence-corrected chi connectivity index (χ4v) is 3.40. The summed E-state index contributed by atoms with van der Waals surface area (Å²) in [6, 6.07) is 5.19. The van der Waals surface area contributed by atoms with Gasteiger partial charge in [0.25, 0.3) is 5.91 Å². The Morgan fingerprint density at radius 2 is 2.00 bits per heavy atom. The Kier molecular flexibility index (Phi) is 6.41. The van der Waals surface area contributed by atoms with E-state index in [4.69, 9.17) is 14.0 Å². The van der Waals surface area contributed by atoms with E-state index in [9.17, 15) is 9.59 Å². The van der Waals surface area contributed by atoms with Gasteiger partial charge >= 0.3 is 0 Å². The zero-order valence-electron chi connectivity index (χ0n) is 17.3. The molecule has 1 saturated heterocycles. The fraction of sp³-hybridized carbons (Fsp3) is 0.476. The van der Waals surface area contributed by atoms with E-state index in [0.717, 1.165) is 24.1 Å². The molecule has 2 heterocycles. The molecular formula is C21H27N3O5. The largest absolute Gasteiger partial charge is 0.497 e. The highest BCUT2D eigenvalue weighted by Crippen LogP contribution is 2.27. The number of rotatable bonds is 6. The minimum absolute atomic E-state index is 0.0480. The number of amides is 2. The molecular weight excluding hydrogens is 374 g/mol. The number of nitrogens with one attached hydrogen (secondary N) is 1. The van der Waals surface area contributed by atoms with Crippen LogP contribution in [-0.4, -0.2) is 48.2 Å². The van der Waals surface area contributed by atoms with Gasteiger partial charge in [-0.2, -0.15) is 0 Å². The van der Waals surface area contributed by atoms with Crippen LogP contribution in [0.5, 0.6) is 11.5 Å². The summed E-state index contributed by atoms with van der Waals surface area (Å²) in [5, 5.41) is 6.82. The van der Waals surface area contributed by atoms with Crippen molar-refractivity contribution in [3.63, 3.8) is 0 Å². The number of nitrogens with zero attached hydrogens (tertiary/aromatic N) is 2. The standard InChI is InChI=1S/C21H27N3O5/c1-13-19(14(2)29-23-13)12-22-21(26)18-11-17(27-4)5-6-20(18)28-16-7-9-24(10-8-16)15(3)25/h5-6,11,16H,7-10,12H2,1-4H3,(H,22,26). The van der Waals surface area contributed by atoms with Gasteiger partial charge in [-0.05, 0) is 32.0 Å². The first-order chi connectivity index (χ1) is 13.9. The Balaban J connectivity index is 1.71. The van der Waals surface area contributed by atoms with Crippen molar-refractivity contribution in [3.8, 4) is 11.5 Å². The number of aryl methyl sites for hydroxylation is 2. The van der Waals surface area contributed by atoms with Gasteiger partial charge in [-0.25, -0.2) is 0 Å². The highest BCUT2D eigenvalue weighted by Gasteiger charge is 2.24. The van der Waals surface area contributed by atoms with Crippen LogP contribution in [0.2, 0.25) is 0 Å². The number of piperidine rings is 1. The second-order valence-electron chi connectivity index (χ2n) is 7.17. The van der Waals surface area contributed by atoms with Crippen molar-refractivity contribution in [2.24, 2.45) is 0 Å². The molecule has 1 aromatic heterocycles. The molecule has 3 rings (SSSR count). The number of carbonyl (C=O) groups is 2. The minimum Gasteiger partial charge on any atom is -0.497 e. The summed E-state index contributed by atoms with van der Waals surface area (Å²) in [6.45, 7) is 6.85. The van der Waals surface area contributed by atoms with E-state index in [1.54, 1.807) is 32.2 Å². The average Bonchev–Trinajstić information content (AvgIpc) is 3.04. The van der Waals surface area contributed by atoms with Crippen molar-refractivity contribution in [1.82, 2.24) is 15.4 Å². The zero-order valence-corrected chi connectivity index (χ0v) is 17.3. The number of methoxy groups -OCH3 is 1. The molecule has 0 aliphatic carbocycles. The molecule has 2 aromatic rings. The summed E-state index contributed by atoms with van der Waals surface area (Å²) in [6.07, 6.45) is 1.41. The Bertz CT molecular complexity index is 865. The van der Waals surface area contributed by atoms with Crippen molar-refractivity contribution in [1.29, 1.82) is 0 Å². The average molecular weight is 401 g/mol. The molecule has 1 N–H and O–H groups in total. The van der Waals surface area contributed by atoms with Crippen LogP contribution >= 0.6 is 0 Å². The lowest BCUT2D eigenvalue weighted by Gasteiger charge is -2.31. The van der Waals surface area contributed by atoms with Gasteiger partial charge in [-0.15, -0.1) is 0 Å². The van der Waals surface area contributed by atoms with E-state index in [-0.39, 0.29) is 17.9 Å². The molecule has 156 valence electrons. The number of hydrogen-bond acceptors (Lipinski definition) is 6. The third-order valence-electron chi connectivity index (χ3n) is 5.22. The topological polar surface area (TPSA) is 93.9 Å². The fourth-order valence-electron chi connectivity index (χ4n) is 3.40. The summed E-state index contributed by atoms with van der Waals surface area (Å²) in [4.78, 5) is 26.2. The first kappa shape index (κ1) is 20.7. The molecule has 29 heavy (non-hydrogen) atoms. The van der Waals surface area contributed by atoms with Crippen LogP contribution in [0.3, 0.4) is 0 Å². The Morgan fingerprint density at radius 1 is 1.28 bits per heavy atom. The van der Waals surface area contributed by atoms with Gasteiger partial charge in [-0.1, -0.05) is 5.16 Å². The van der Waals surface area contributed by atoms with Gasteiger partial charge in [0.05, 0.1) is 18.4 Å². The van der Waals surface area contributed by atoms with Crippen LogP contribution in [0.15, 0.2) is 22.7 Å². The lowest BCUT2D eigenvalue weighted by molar-refractivity contribution is -0.130. The van der Waals surface area contributed by atoms with Crippen LogP contribution < -0.4 is 14.8 Å². The predicted molar refractivity (Wildman–Crippen MR) is 106 cm³/mol. The van der Waals surface area contributed by atoms with Crippen LogP contribution in [0.4, 0.5) is 0 Å². The van der Waals surface area contributed by atoms with Crippen molar-refractivity contribution in [2.75, 3.05) is 20.2 Å². The van der Waals surface area contributed by atoms with Crippen molar-refractivity contribution >= 4 is 11.8 Å². The number of aromatic nitrogens is 1. The van der Waals surface area contributed by atoms with Gasteiger partial charge in [0.15, 0.2) is 0 Å². The smallest absolute Gasteiger partial charge is 0.255 e. The van der Waals surface area contributed by atoms with Crippen molar-refractivity contribution in [3.05, 3.63) is 40.8 Å². The van der Waals surface area contributed by atoms with Crippen LogP contribution in [0.25, 0.3) is 0 Å². The van der Waals surface area contributed by atoms with E-state index in [1.165, 1.54) is 0 Å². The molecule has 2 amide bonds. The molecule has 0 spiro atoms. The molecule has 8 nitrogen and oxygen atoms in total. The normalized spacial score (nSPS) is 14.6. The quantitative estimate of drug-likeness (QED) is 0.800. The first-order valence-electron chi connectivity index (χ1n) is 9.69. The van der Waals surface area contributed by atoms with E-state index in [2.05, 4.69) is 10.5 Å². The highest BCUT2D eigenvalue weighted by molar-refractivity contribution is 5.97. The van der Waals surface area contributed by atoms with Gasteiger partial charge in [-0.3, -0.25) is 9.59 Å². The summed E-state index contributed by atoms with van der Waals surface area (Å²) in [5.74, 6) is 1.57. The molecule has 1 aliphatic rings. The third kappa shape index (κ3) is 4.88. The predicted octanol–water partition coefficient (Wildman–Crippen LogP) is 2.62. The maximum atomic E-state index is 12.9. The number of carbonyl (C=O) groups excluding carboxylic acids is 2. The van der Waals surface area contributed by atoms with E-state index in [1.807, 2.05) is 18.7 Å². The summed E-state index contributed by atoms with van der Waals surface area (Å²) in [5.41, 5.74) is 2.02. The zero-order chi connectivity index (χ0) is 21.0. The molecule has 0 atom stereocenters. The van der Waals surface area contributed by atoms with Gasteiger partial charge in [0.1, 0.15) is 23.4 Å². The molecule has 0 bridgehead atoms. The molecule has 0 radical (unpaired) electrons. The highest BCUT2D eigenvalue weighted by atomic mass is 16.5. The van der Waals surface area contributed by atoms with Gasteiger partial charge in [0, 0.05) is 45.0 Å². The number of benzene rings is 1. The Labute approximate surface area is 170 Å². The molecule has 1 fully saturated rings. The Morgan fingerprint density at radius 3 is 2.59 bits per heavy atom. The first-order valence-corrected chi connectivity index (χ1v) is 9.69. The van der Waals surface area contributed by atoms with Crippen molar-refractivity contribution < 1.29 is 23.6 Å². The minimum atomic E-state index is -0.264.